The van der Waals surface area contributed by atoms with E-state index in [1.165, 1.54) is 52.0 Å². The fraction of sp³-hybridized carbons (Fsp3) is 0.444. The van der Waals surface area contributed by atoms with Crippen molar-refractivity contribution in [3.63, 3.8) is 0 Å². The summed E-state index contributed by atoms with van der Waals surface area (Å²) in [6.45, 7) is 6.19. The van der Waals surface area contributed by atoms with Crippen LogP contribution in [0.3, 0.4) is 0 Å². The molecule has 3 aliphatic carbocycles. The lowest BCUT2D eigenvalue weighted by molar-refractivity contribution is -0.352. The molecule has 3 aromatic rings. The Morgan fingerprint density at radius 3 is 1.95 bits per heavy atom. The van der Waals surface area contributed by atoms with Crippen molar-refractivity contribution in [1.29, 1.82) is 0 Å². The molecular formula is C45H49NO14. The maximum atomic E-state index is 14.9. The van der Waals surface area contributed by atoms with Crippen molar-refractivity contribution in [3.05, 3.63) is 119 Å². The maximum Gasteiger partial charge on any atom is 0.338 e. The summed E-state index contributed by atoms with van der Waals surface area (Å²) in [7, 11) is 0. The van der Waals surface area contributed by atoms with Crippen LogP contribution in [0.25, 0.3) is 0 Å². The van der Waals surface area contributed by atoms with E-state index in [4.69, 9.17) is 18.9 Å². The van der Waals surface area contributed by atoms with E-state index in [0.717, 1.165) is 6.92 Å². The number of ketones is 1. The average molecular weight is 828 g/mol. The van der Waals surface area contributed by atoms with Crippen molar-refractivity contribution in [2.45, 2.75) is 101 Å². The van der Waals surface area contributed by atoms with Gasteiger partial charge in [-0.05, 0) is 54.8 Å². The van der Waals surface area contributed by atoms with Crippen molar-refractivity contribution < 1.29 is 68.5 Å². The molecule has 15 nitrogen and oxygen atoms in total. The summed E-state index contributed by atoms with van der Waals surface area (Å²) in [5, 5.41) is 64.5. The quantitative estimate of drug-likeness (QED) is 0.103. The molecule has 15 heteroatoms. The molecule has 0 aromatic heterocycles. The second-order valence-electron chi connectivity index (χ2n) is 16.8. The number of esters is 3. The highest BCUT2D eigenvalue weighted by Gasteiger charge is 2.79. The van der Waals surface area contributed by atoms with Gasteiger partial charge in [0.1, 0.15) is 24.4 Å². The SMILES string of the molecule is CC(=O)O[C@@]12CO[C@@H]1C[C@H](O)[C@@]1(C)C(=O)[C@H](O)C3=C(C)[C@@H](O)[C@H](OC(=O)[C@H](O)[C@@H](NC(=O)c4ccccc4)c4ccccc4)[C@@](O)([C@@H](OC(=O)c4ccccc4)[C@H]21)C3(C)C. The number of Topliss-reactive ketones (excluding diaryl/α,β-unsaturated/α-hetero) is 1. The molecule has 0 spiro atoms. The first-order valence-corrected chi connectivity index (χ1v) is 19.7. The average Bonchev–Trinajstić information content (AvgIpc) is 3.23. The Bertz CT molecular complexity index is 2200. The first-order chi connectivity index (χ1) is 28.3. The molecule has 7 rings (SSSR count). The lowest BCUT2D eigenvalue weighted by Gasteiger charge is -2.68. The van der Waals surface area contributed by atoms with E-state index in [9.17, 15) is 49.5 Å². The minimum absolute atomic E-state index is 0.0135. The molecule has 0 unspecified atom stereocenters. The third kappa shape index (κ3) is 6.55. The summed E-state index contributed by atoms with van der Waals surface area (Å²) in [6, 6.07) is 22.3. The molecule has 1 saturated heterocycles. The van der Waals surface area contributed by atoms with Gasteiger partial charge >= 0.3 is 17.9 Å². The summed E-state index contributed by atoms with van der Waals surface area (Å²) < 4.78 is 24.1. The first-order valence-electron chi connectivity index (χ1n) is 19.7. The van der Waals surface area contributed by atoms with Crippen molar-refractivity contribution in [2.24, 2.45) is 16.7 Å². The summed E-state index contributed by atoms with van der Waals surface area (Å²) >= 11 is 0. The van der Waals surface area contributed by atoms with E-state index in [1.807, 2.05) is 0 Å². The van der Waals surface area contributed by atoms with Crippen LogP contribution in [0.5, 0.6) is 0 Å². The fourth-order valence-electron chi connectivity index (χ4n) is 10.1. The van der Waals surface area contributed by atoms with E-state index in [0.29, 0.717) is 5.56 Å². The number of ether oxygens (including phenoxy) is 4. The molecule has 318 valence electrons. The summed E-state index contributed by atoms with van der Waals surface area (Å²) in [5.41, 5.74) is -8.65. The van der Waals surface area contributed by atoms with Crippen LogP contribution in [-0.4, -0.2) is 116 Å². The number of rotatable bonds is 9. The molecule has 12 atom stereocenters. The van der Waals surface area contributed by atoms with E-state index in [-0.39, 0.29) is 28.7 Å². The Balaban J connectivity index is 1.41. The zero-order valence-corrected chi connectivity index (χ0v) is 33.7. The van der Waals surface area contributed by atoms with Gasteiger partial charge in [0.25, 0.3) is 5.91 Å². The van der Waals surface area contributed by atoms with Crippen molar-refractivity contribution in [1.82, 2.24) is 5.32 Å². The van der Waals surface area contributed by atoms with Gasteiger partial charge in [-0.15, -0.1) is 0 Å². The topological polar surface area (TPSA) is 235 Å². The zero-order chi connectivity index (χ0) is 43.5. The van der Waals surface area contributed by atoms with Crippen molar-refractivity contribution >= 4 is 29.6 Å². The van der Waals surface area contributed by atoms with Gasteiger partial charge in [-0.1, -0.05) is 80.6 Å². The van der Waals surface area contributed by atoms with E-state index in [2.05, 4.69) is 5.32 Å². The molecule has 0 radical (unpaired) electrons. The molecule has 1 heterocycles. The van der Waals surface area contributed by atoms with Crippen LogP contribution in [0.2, 0.25) is 0 Å². The van der Waals surface area contributed by atoms with Crippen LogP contribution in [0.15, 0.2) is 102 Å². The first kappa shape index (κ1) is 42.8. The van der Waals surface area contributed by atoms with Crippen molar-refractivity contribution in [3.8, 4) is 0 Å². The fourth-order valence-corrected chi connectivity index (χ4v) is 10.1. The molecule has 2 bridgehead atoms. The number of carbonyl (C=O) groups is 5. The largest absolute Gasteiger partial charge is 0.455 e. The molecule has 3 aromatic carbocycles. The third-order valence-electron chi connectivity index (χ3n) is 13.3. The number of aliphatic hydroxyl groups excluding tert-OH is 4. The summed E-state index contributed by atoms with van der Waals surface area (Å²) in [6.07, 6.45) is -13.6. The molecule has 3 fully saturated rings. The predicted octanol–water partition coefficient (Wildman–Crippen LogP) is 2.14. The Morgan fingerprint density at radius 1 is 0.833 bits per heavy atom. The highest BCUT2D eigenvalue weighted by Crippen LogP contribution is 2.64. The number of carbonyl (C=O) groups excluding carboxylic acids is 5. The van der Waals surface area contributed by atoms with Crippen LogP contribution < -0.4 is 5.32 Å². The zero-order valence-electron chi connectivity index (χ0n) is 33.7. The van der Waals surface area contributed by atoms with Crippen LogP contribution in [0.4, 0.5) is 0 Å². The number of hydrogen-bond acceptors (Lipinski definition) is 14. The van der Waals surface area contributed by atoms with Crippen LogP contribution >= 0.6 is 0 Å². The van der Waals surface area contributed by atoms with Gasteiger partial charge < -0.3 is 49.8 Å². The van der Waals surface area contributed by atoms with Crippen LogP contribution in [0, 0.1) is 16.7 Å². The van der Waals surface area contributed by atoms with E-state index >= 15 is 0 Å². The van der Waals surface area contributed by atoms with Gasteiger partial charge in [0.2, 0.25) is 0 Å². The molecular weight excluding hydrogens is 778 g/mol. The lowest BCUT2D eigenvalue weighted by Crippen LogP contribution is -2.83. The van der Waals surface area contributed by atoms with Gasteiger partial charge in [0.15, 0.2) is 29.2 Å². The van der Waals surface area contributed by atoms with Gasteiger partial charge in [-0.3, -0.25) is 14.4 Å². The second-order valence-corrected chi connectivity index (χ2v) is 16.8. The van der Waals surface area contributed by atoms with Gasteiger partial charge in [-0.25, -0.2) is 9.59 Å². The normalized spacial score (nSPS) is 33.9. The van der Waals surface area contributed by atoms with Gasteiger partial charge in [0, 0.05) is 24.3 Å². The molecule has 4 aliphatic rings. The number of hydrogen-bond donors (Lipinski definition) is 6. The Hall–Kier alpha value is -5.29. The molecule has 1 aliphatic heterocycles. The number of fused-ring (bicyclic) bond motifs is 5. The van der Waals surface area contributed by atoms with Gasteiger partial charge in [0.05, 0.1) is 35.6 Å². The Labute approximate surface area is 345 Å². The highest BCUT2D eigenvalue weighted by atomic mass is 16.6. The summed E-state index contributed by atoms with van der Waals surface area (Å²) in [5.74, 6) is -6.66. The molecule has 1 amide bonds. The van der Waals surface area contributed by atoms with Gasteiger partial charge in [-0.2, -0.15) is 0 Å². The minimum Gasteiger partial charge on any atom is -0.455 e. The third-order valence-corrected chi connectivity index (χ3v) is 13.3. The predicted molar refractivity (Wildman–Crippen MR) is 210 cm³/mol. The minimum atomic E-state index is -2.87. The van der Waals surface area contributed by atoms with E-state index in [1.54, 1.807) is 66.7 Å². The second kappa shape index (κ2) is 15.6. The molecule has 2 saturated carbocycles. The summed E-state index contributed by atoms with van der Waals surface area (Å²) in [4.78, 5) is 70.0. The number of aliphatic hydroxyl groups is 5. The van der Waals surface area contributed by atoms with Crippen LogP contribution in [-0.2, 0) is 33.3 Å². The Morgan fingerprint density at radius 2 is 1.40 bits per heavy atom. The standard InChI is InChI=1S/C45H49NO14/c1-23-30-33(50)36(52)43(5)28(48)21-29-44(22-57-29,60-24(2)47)35(43)38(59-40(54)27-19-13-8-14-20-27)45(56,42(30,3)4)37(32(23)49)58-41(55)34(51)31(25-15-9-6-10-16-25)46-39(53)26-17-11-7-12-18-26/h6-20,28-29,31-35,37-38,48-51,56H,21-22H2,1-5H3,(H,46,53)/t28-,29+,31-,32+,33+,34+,35-,37-,38-,43+,44-,45+/m0/s1. The maximum absolute atomic E-state index is 14.9. The smallest absolute Gasteiger partial charge is 0.338 e. The van der Waals surface area contributed by atoms with Crippen molar-refractivity contribution in [2.75, 3.05) is 6.61 Å². The Kier molecular flexibility index (Phi) is 11.2. The number of nitrogens with one attached hydrogen (secondary N) is 1. The molecule has 60 heavy (non-hydrogen) atoms. The number of benzene rings is 3. The number of amides is 1. The van der Waals surface area contributed by atoms with Crippen LogP contribution in [0.1, 0.15) is 73.4 Å². The highest BCUT2D eigenvalue weighted by molar-refractivity contribution is 5.95. The molecule has 6 N–H and O–H groups in total. The monoisotopic (exact) mass is 827 g/mol. The van der Waals surface area contributed by atoms with E-state index < -0.39 is 113 Å². The lowest BCUT2D eigenvalue weighted by atomic mass is 9.44.